The van der Waals surface area contributed by atoms with Gasteiger partial charge in [0.1, 0.15) is 11.4 Å². The zero-order valence-electron chi connectivity index (χ0n) is 16.1. The summed E-state index contributed by atoms with van der Waals surface area (Å²) in [6.07, 6.45) is 0. The molecule has 0 atom stereocenters. The molecule has 0 aliphatic heterocycles. The zero-order valence-corrected chi connectivity index (χ0v) is 16.1. The lowest BCUT2D eigenvalue weighted by Gasteiger charge is -1.96. The molecule has 0 aliphatic rings. The Labute approximate surface area is 176 Å². The van der Waals surface area contributed by atoms with Gasteiger partial charge in [-0.2, -0.15) is 0 Å². The molecule has 0 amide bonds. The molecule has 0 unspecified atom stereocenters. The van der Waals surface area contributed by atoms with E-state index in [0.717, 1.165) is 16.7 Å². The molecule has 0 fully saturated rings. The first-order chi connectivity index (χ1) is 14.8. The van der Waals surface area contributed by atoms with E-state index in [-0.39, 0.29) is 0 Å². The molecule has 0 aliphatic carbocycles. The third-order valence-corrected chi connectivity index (χ3v) is 4.04. The second kappa shape index (κ2) is 9.57. The summed E-state index contributed by atoms with van der Waals surface area (Å²) >= 11 is 0. The van der Waals surface area contributed by atoms with Crippen LogP contribution in [0.4, 0.5) is 0 Å². The number of hydrogen-bond acceptors (Lipinski definition) is 2. The summed E-state index contributed by atoms with van der Waals surface area (Å²) in [5.74, 6) is 19.0. The van der Waals surface area contributed by atoms with Gasteiger partial charge in [0.15, 0.2) is 0 Å². The van der Waals surface area contributed by atoms with Crippen molar-refractivity contribution in [2.24, 2.45) is 0 Å². The molecule has 0 N–H and O–H groups in total. The molecule has 2 heteroatoms. The Kier molecular flexibility index (Phi) is 5.98. The van der Waals surface area contributed by atoms with Crippen molar-refractivity contribution < 1.29 is 0 Å². The third-order valence-electron chi connectivity index (χ3n) is 4.04. The molecule has 30 heavy (non-hydrogen) atoms. The smallest absolute Gasteiger partial charge is 0.207 e. The van der Waals surface area contributed by atoms with Crippen molar-refractivity contribution in [2.75, 3.05) is 0 Å². The fourth-order valence-corrected chi connectivity index (χ4v) is 2.60. The predicted octanol–water partition coefficient (Wildman–Crippen LogP) is 4.68. The van der Waals surface area contributed by atoms with Gasteiger partial charge in [0, 0.05) is 22.8 Å². The first-order valence-corrected chi connectivity index (χ1v) is 9.45. The lowest BCUT2D eigenvalue weighted by Crippen LogP contribution is -1.96. The number of nitrogens with zero attached hydrogens (tertiary/aromatic N) is 2. The highest BCUT2D eigenvalue weighted by molar-refractivity contribution is 5.46. The lowest BCUT2D eigenvalue weighted by molar-refractivity contribution is 1.09. The Morgan fingerprint density at radius 3 is 1.17 bits per heavy atom. The standard InChI is InChI=1S/C28H16N2/c1-4-10-23(11-5-1)16-19-26-22-27(20-17-24-12-6-2-7-13-24)30-28(29-26)21-18-25-14-8-3-9-15-25/h1-15,22H. The lowest BCUT2D eigenvalue weighted by atomic mass is 10.2. The van der Waals surface area contributed by atoms with Crippen LogP contribution in [0, 0.1) is 35.5 Å². The van der Waals surface area contributed by atoms with Crippen LogP contribution in [0.25, 0.3) is 0 Å². The van der Waals surface area contributed by atoms with E-state index in [1.54, 1.807) is 6.07 Å². The Bertz CT molecular complexity index is 1140. The predicted molar refractivity (Wildman–Crippen MR) is 119 cm³/mol. The summed E-state index contributed by atoms with van der Waals surface area (Å²) in [7, 11) is 0. The SMILES string of the molecule is C(#Cc1cc(C#Cc2ccccc2)nc(C#Cc2ccccc2)n1)c1ccccc1. The van der Waals surface area contributed by atoms with Crippen LogP contribution >= 0.6 is 0 Å². The Morgan fingerprint density at radius 2 is 0.767 bits per heavy atom. The minimum atomic E-state index is 0.399. The van der Waals surface area contributed by atoms with Crippen LogP contribution in [0.1, 0.15) is 33.9 Å². The van der Waals surface area contributed by atoms with Crippen LogP contribution < -0.4 is 0 Å². The van der Waals surface area contributed by atoms with E-state index in [1.807, 2.05) is 91.0 Å². The average Bonchev–Trinajstić information content (AvgIpc) is 2.82. The molecule has 4 rings (SSSR count). The van der Waals surface area contributed by atoms with Gasteiger partial charge in [0.2, 0.25) is 5.82 Å². The minimum absolute atomic E-state index is 0.399. The van der Waals surface area contributed by atoms with Gasteiger partial charge in [0.05, 0.1) is 0 Å². The highest BCUT2D eigenvalue weighted by Gasteiger charge is 2.00. The maximum atomic E-state index is 4.49. The second-order valence-electron chi connectivity index (χ2n) is 6.31. The molecule has 0 saturated heterocycles. The molecule has 0 radical (unpaired) electrons. The quantitative estimate of drug-likeness (QED) is 0.414. The summed E-state index contributed by atoms with van der Waals surface area (Å²) in [6, 6.07) is 31.1. The van der Waals surface area contributed by atoms with E-state index < -0.39 is 0 Å². The molecular formula is C28H16N2. The van der Waals surface area contributed by atoms with Crippen LogP contribution in [0.3, 0.4) is 0 Å². The van der Waals surface area contributed by atoms with Crippen LogP contribution in [-0.2, 0) is 0 Å². The fraction of sp³-hybridized carbons (Fsp3) is 0. The molecule has 0 bridgehead atoms. The van der Waals surface area contributed by atoms with E-state index in [2.05, 4.69) is 45.5 Å². The van der Waals surface area contributed by atoms with Gasteiger partial charge in [0.25, 0.3) is 0 Å². The Balaban J connectivity index is 1.71. The van der Waals surface area contributed by atoms with Crippen LogP contribution in [-0.4, -0.2) is 9.97 Å². The van der Waals surface area contributed by atoms with Crippen molar-refractivity contribution in [1.82, 2.24) is 9.97 Å². The minimum Gasteiger partial charge on any atom is -0.212 e. The molecule has 4 aromatic rings. The van der Waals surface area contributed by atoms with Crippen molar-refractivity contribution >= 4 is 0 Å². The highest BCUT2D eigenvalue weighted by Crippen LogP contribution is 2.03. The van der Waals surface area contributed by atoms with Gasteiger partial charge in [-0.1, -0.05) is 72.4 Å². The molecular weight excluding hydrogens is 364 g/mol. The number of benzene rings is 3. The molecule has 3 aromatic carbocycles. The van der Waals surface area contributed by atoms with Crippen molar-refractivity contribution in [2.45, 2.75) is 0 Å². The Morgan fingerprint density at radius 1 is 0.400 bits per heavy atom. The zero-order chi connectivity index (χ0) is 20.4. The van der Waals surface area contributed by atoms with Gasteiger partial charge < -0.3 is 0 Å². The normalized spacial score (nSPS) is 9.20. The van der Waals surface area contributed by atoms with Crippen molar-refractivity contribution in [3.63, 3.8) is 0 Å². The largest absolute Gasteiger partial charge is 0.212 e. The molecule has 0 saturated carbocycles. The van der Waals surface area contributed by atoms with Gasteiger partial charge in [-0.3, -0.25) is 0 Å². The summed E-state index contributed by atoms with van der Waals surface area (Å²) in [5, 5.41) is 0. The van der Waals surface area contributed by atoms with Gasteiger partial charge in [-0.25, -0.2) is 9.97 Å². The van der Waals surface area contributed by atoms with Crippen LogP contribution in [0.15, 0.2) is 97.1 Å². The van der Waals surface area contributed by atoms with E-state index in [4.69, 9.17) is 0 Å². The molecule has 1 heterocycles. The van der Waals surface area contributed by atoms with Crippen LogP contribution in [0.2, 0.25) is 0 Å². The number of aromatic nitrogens is 2. The monoisotopic (exact) mass is 380 g/mol. The first-order valence-electron chi connectivity index (χ1n) is 9.45. The van der Waals surface area contributed by atoms with Gasteiger partial charge >= 0.3 is 0 Å². The van der Waals surface area contributed by atoms with Crippen molar-refractivity contribution in [3.8, 4) is 35.5 Å². The molecule has 0 spiro atoms. The summed E-state index contributed by atoms with van der Waals surface area (Å²) < 4.78 is 0. The van der Waals surface area contributed by atoms with Crippen molar-refractivity contribution in [3.05, 3.63) is 131 Å². The van der Waals surface area contributed by atoms with E-state index >= 15 is 0 Å². The van der Waals surface area contributed by atoms with E-state index in [1.165, 1.54) is 0 Å². The summed E-state index contributed by atoms with van der Waals surface area (Å²) in [5.41, 5.74) is 3.92. The maximum absolute atomic E-state index is 4.49. The third kappa shape index (κ3) is 5.46. The topological polar surface area (TPSA) is 25.8 Å². The molecule has 2 nitrogen and oxygen atoms in total. The van der Waals surface area contributed by atoms with Crippen molar-refractivity contribution in [1.29, 1.82) is 0 Å². The molecule has 138 valence electrons. The summed E-state index contributed by atoms with van der Waals surface area (Å²) in [4.78, 5) is 8.98. The van der Waals surface area contributed by atoms with Gasteiger partial charge in [-0.05, 0) is 54.2 Å². The fourth-order valence-electron chi connectivity index (χ4n) is 2.60. The number of rotatable bonds is 0. The maximum Gasteiger partial charge on any atom is 0.207 e. The van der Waals surface area contributed by atoms with E-state index in [9.17, 15) is 0 Å². The molecule has 1 aromatic heterocycles. The highest BCUT2D eigenvalue weighted by atomic mass is 14.9. The average molecular weight is 380 g/mol. The number of hydrogen-bond donors (Lipinski definition) is 0. The van der Waals surface area contributed by atoms with Crippen LogP contribution in [0.5, 0.6) is 0 Å². The Hall–Kier alpha value is -4.58. The first kappa shape index (κ1) is 18.8. The second-order valence-corrected chi connectivity index (χ2v) is 6.31. The summed E-state index contributed by atoms with van der Waals surface area (Å²) in [6.45, 7) is 0. The van der Waals surface area contributed by atoms with Gasteiger partial charge in [-0.15, -0.1) is 0 Å². The van der Waals surface area contributed by atoms with E-state index in [0.29, 0.717) is 17.2 Å².